The predicted octanol–water partition coefficient (Wildman–Crippen LogP) is 5.64. The Morgan fingerprint density at radius 3 is 2.05 bits per heavy atom. The number of esters is 2. The normalized spacial score (nSPS) is 11.4. The van der Waals surface area contributed by atoms with Crippen LogP contribution in [0.3, 0.4) is 0 Å². The number of hydrogen-bond acceptors (Lipinski definition) is 7. The van der Waals surface area contributed by atoms with Crippen LogP contribution in [0.5, 0.6) is 11.5 Å². The van der Waals surface area contributed by atoms with E-state index in [0.717, 1.165) is 0 Å². The van der Waals surface area contributed by atoms with Crippen LogP contribution in [0.2, 0.25) is 0 Å². The van der Waals surface area contributed by atoms with E-state index in [0.29, 0.717) is 16.9 Å². The van der Waals surface area contributed by atoms with Crippen molar-refractivity contribution in [3.63, 3.8) is 0 Å². The molecule has 0 aliphatic rings. The average Bonchev–Trinajstić information content (AvgIpc) is 2.94. The monoisotopic (exact) mass is 569 g/mol. The number of halogens is 2. The minimum atomic E-state index is -1.14. The summed E-state index contributed by atoms with van der Waals surface area (Å²) >= 11 is 1.47. The molecule has 0 saturated carbocycles. The molecule has 0 spiro atoms. The van der Waals surface area contributed by atoms with Gasteiger partial charge in [-0.3, -0.25) is 9.59 Å². The van der Waals surface area contributed by atoms with Gasteiger partial charge in [-0.25, -0.2) is 13.6 Å². The highest BCUT2D eigenvalue weighted by Gasteiger charge is 2.27. The van der Waals surface area contributed by atoms with Crippen molar-refractivity contribution in [2.45, 2.75) is 25.3 Å². The molecule has 0 aliphatic carbocycles. The maximum absolute atomic E-state index is 13.6. The summed E-state index contributed by atoms with van der Waals surface area (Å²) in [5.41, 5.74) is 1.12. The van der Waals surface area contributed by atoms with Gasteiger partial charge in [-0.05, 0) is 60.7 Å². The molecule has 3 aromatic carbocycles. The van der Waals surface area contributed by atoms with Crippen molar-refractivity contribution in [3.05, 3.63) is 107 Å². The highest BCUT2D eigenvalue weighted by Crippen LogP contribution is 2.33. The fourth-order valence-electron chi connectivity index (χ4n) is 3.80. The van der Waals surface area contributed by atoms with E-state index in [9.17, 15) is 23.2 Å². The minimum absolute atomic E-state index is 0.00545. The highest BCUT2D eigenvalue weighted by molar-refractivity contribution is 7.98. The molecule has 1 amide bonds. The van der Waals surface area contributed by atoms with Gasteiger partial charge in [0.05, 0.1) is 25.0 Å². The predicted molar refractivity (Wildman–Crippen MR) is 148 cm³/mol. The number of allylic oxidation sites excluding steroid dienone is 1. The fourth-order valence-corrected chi connectivity index (χ4v) is 4.17. The molecule has 0 unspecified atom stereocenters. The fraction of sp³-hybridized carbons (Fsp3) is 0.233. The van der Waals surface area contributed by atoms with Gasteiger partial charge in [-0.1, -0.05) is 36.9 Å². The zero-order valence-electron chi connectivity index (χ0n) is 22.2. The molecule has 0 aromatic heterocycles. The summed E-state index contributed by atoms with van der Waals surface area (Å²) in [6.07, 6.45) is 1.99. The Kier molecular flexibility index (Phi) is 10.8. The van der Waals surface area contributed by atoms with Gasteiger partial charge in [-0.2, -0.15) is 11.8 Å². The van der Waals surface area contributed by atoms with Crippen LogP contribution in [0, 0.1) is 11.6 Å². The zero-order chi connectivity index (χ0) is 29.2. The first kappa shape index (κ1) is 30.4. The Labute approximate surface area is 235 Å². The molecular formula is C30H29F2NO6S. The first-order valence-corrected chi connectivity index (χ1v) is 13.6. The van der Waals surface area contributed by atoms with Crippen molar-refractivity contribution in [1.29, 1.82) is 0 Å². The van der Waals surface area contributed by atoms with Crippen LogP contribution in [0.25, 0.3) is 0 Å². The van der Waals surface area contributed by atoms with Crippen LogP contribution in [-0.4, -0.2) is 43.0 Å². The van der Waals surface area contributed by atoms with Gasteiger partial charge < -0.3 is 19.5 Å². The Morgan fingerprint density at radius 2 is 1.52 bits per heavy atom. The van der Waals surface area contributed by atoms with E-state index < -0.39 is 41.4 Å². The molecule has 1 N–H and O–H groups in total. The van der Waals surface area contributed by atoms with E-state index in [4.69, 9.17) is 14.2 Å². The molecule has 0 heterocycles. The van der Waals surface area contributed by atoms with Crippen LogP contribution < -0.4 is 14.8 Å². The number of methoxy groups -OCH3 is 1. The van der Waals surface area contributed by atoms with Gasteiger partial charge >= 0.3 is 11.9 Å². The van der Waals surface area contributed by atoms with Crippen LogP contribution >= 0.6 is 11.8 Å². The molecule has 0 fully saturated rings. The van der Waals surface area contributed by atoms with Gasteiger partial charge in [0, 0.05) is 5.75 Å². The second kappa shape index (κ2) is 14.3. The molecule has 210 valence electrons. The Morgan fingerprint density at radius 1 is 0.950 bits per heavy atom. The molecule has 0 saturated heterocycles. The van der Waals surface area contributed by atoms with Crippen LogP contribution in [0.4, 0.5) is 8.78 Å². The first-order chi connectivity index (χ1) is 19.1. The highest BCUT2D eigenvalue weighted by atomic mass is 32.2. The molecule has 10 heteroatoms. The summed E-state index contributed by atoms with van der Waals surface area (Å²) in [5, 5.41) is 2.54. The molecule has 0 aliphatic heterocycles. The summed E-state index contributed by atoms with van der Waals surface area (Å²) in [6.45, 7) is 5.31. The number of ether oxygens (including phenoxy) is 3. The van der Waals surface area contributed by atoms with Crippen molar-refractivity contribution in [3.8, 4) is 11.5 Å². The van der Waals surface area contributed by atoms with Crippen molar-refractivity contribution < 1.29 is 37.4 Å². The quantitative estimate of drug-likeness (QED) is 0.172. The van der Waals surface area contributed by atoms with E-state index in [1.54, 1.807) is 12.1 Å². The van der Waals surface area contributed by atoms with Crippen LogP contribution in [0.15, 0.2) is 79.1 Å². The SMILES string of the molecule is C=C(OC(=O)[C@H](C)NC(=O)c1cccc(OC)c1OC(=O)CCSC)C(c1ccc(F)cc1)c1ccc(F)cc1. The van der Waals surface area contributed by atoms with Crippen molar-refractivity contribution in [2.24, 2.45) is 0 Å². The molecule has 1 atom stereocenters. The van der Waals surface area contributed by atoms with E-state index in [-0.39, 0.29) is 29.2 Å². The molecule has 3 rings (SSSR count). The standard InChI is InChI=1S/C30H29F2NO6S/c1-18(33-29(35)24-6-5-7-25(37-3)28(24)39-26(34)16-17-40-4)30(36)38-19(2)27(20-8-12-22(31)13-9-20)21-10-14-23(32)15-11-21/h5-15,18,27H,2,16-17H2,1,3-4H3,(H,33,35)/t18-/m0/s1. The van der Waals surface area contributed by atoms with Gasteiger partial charge in [0.2, 0.25) is 0 Å². The lowest BCUT2D eigenvalue weighted by Crippen LogP contribution is -2.40. The van der Waals surface area contributed by atoms with E-state index >= 15 is 0 Å². The Balaban J connectivity index is 1.77. The van der Waals surface area contributed by atoms with Gasteiger partial charge in [0.25, 0.3) is 5.91 Å². The lowest BCUT2D eigenvalue weighted by Gasteiger charge is -2.22. The largest absolute Gasteiger partial charge is 0.493 e. The molecule has 3 aromatic rings. The number of amides is 1. The number of nitrogens with one attached hydrogen (secondary N) is 1. The number of thioether (sulfide) groups is 1. The number of rotatable bonds is 12. The van der Waals surface area contributed by atoms with Crippen molar-refractivity contribution in [2.75, 3.05) is 19.1 Å². The summed E-state index contributed by atoms with van der Waals surface area (Å²) in [4.78, 5) is 38.3. The average molecular weight is 570 g/mol. The van der Waals surface area contributed by atoms with Crippen molar-refractivity contribution >= 4 is 29.6 Å². The molecule has 0 radical (unpaired) electrons. The second-order valence-corrected chi connectivity index (χ2v) is 9.66. The third-order valence-electron chi connectivity index (χ3n) is 5.83. The second-order valence-electron chi connectivity index (χ2n) is 8.67. The summed E-state index contributed by atoms with van der Waals surface area (Å²) in [5.74, 6) is -3.04. The van der Waals surface area contributed by atoms with Gasteiger partial charge in [0.15, 0.2) is 11.5 Å². The number of para-hydroxylation sites is 1. The van der Waals surface area contributed by atoms with E-state index in [2.05, 4.69) is 11.9 Å². The Hall–Kier alpha value is -4.18. The molecule has 0 bridgehead atoms. The maximum Gasteiger partial charge on any atom is 0.333 e. The summed E-state index contributed by atoms with van der Waals surface area (Å²) in [6, 6.07) is 14.4. The number of benzene rings is 3. The lowest BCUT2D eigenvalue weighted by atomic mass is 9.90. The summed E-state index contributed by atoms with van der Waals surface area (Å²) < 4.78 is 43.3. The van der Waals surface area contributed by atoms with E-state index in [1.165, 1.54) is 80.4 Å². The topological polar surface area (TPSA) is 90.9 Å². The third-order valence-corrected chi connectivity index (χ3v) is 6.44. The number of hydrogen-bond donors (Lipinski definition) is 1. The van der Waals surface area contributed by atoms with Crippen LogP contribution in [-0.2, 0) is 14.3 Å². The lowest BCUT2D eigenvalue weighted by molar-refractivity contribution is -0.141. The zero-order valence-corrected chi connectivity index (χ0v) is 23.1. The van der Waals surface area contributed by atoms with Crippen molar-refractivity contribution in [1.82, 2.24) is 5.32 Å². The smallest absolute Gasteiger partial charge is 0.333 e. The molecule has 40 heavy (non-hydrogen) atoms. The first-order valence-electron chi connectivity index (χ1n) is 12.2. The molecular weight excluding hydrogens is 540 g/mol. The van der Waals surface area contributed by atoms with E-state index in [1.807, 2.05) is 6.26 Å². The Bertz CT molecular complexity index is 1320. The minimum Gasteiger partial charge on any atom is -0.493 e. The summed E-state index contributed by atoms with van der Waals surface area (Å²) in [7, 11) is 1.38. The maximum atomic E-state index is 13.6. The molecule has 7 nitrogen and oxygen atoms in total. The van der Waals surface area contributed by atoms with Crippen LogP contribution in [0.1, 0.15) is 40.7 Å². The number of carbonyl (C=O) groups is 3. The third kappa shape index (κ3) is 7.92. The van der Waals surface area contributed by atoms with Gasteiger partial charge in [0.1, 0.15) is 23.4 Å². The van der Waals surface area contributed by atoms with Gasteiger partial charge in [-0.15, -0.1) is 0 Å². The number of carbonyl (C=O) groups excluding carboxylic acids is 3.